The second kappa shape index (κ2) is 8.02. The lowest BCUT2D eigenvalue weighted by molar-refractivity contribution is -0.131. The first-order valence-electron chi connectivity index (χ1n) is 6.73. The summed E-state index contributed by atoms with van der Waals surface area (Å²) in [4.78, 5) is 27.5. The van der Waals surface area contributed by atoms with Gasteiger partial charge in [0.1, 0.15) is 0 Å². The third kappa shape index (κ3) is 4.94. The molecule has 0 atom stereocenters. The first-order valence-corrected chi connectivity index (χ1v) is 7.10. The Bertz CT molecular complexity index is 455. The number of ketones is 1. The minimum atomic E-state index is -0.0171. The first kappa shape index (κ1) is 16.7. The number of hydrogen-bond acceptors (Lipinski definition) is 3. The maximum Gasteiger partial charge on any atom is 0.236 e. The maximum absolute atomic E-state index is 12.0. The fourth-order valence-electron chi connectivity index (χ4n) is 1.94. The Labute approximate surface area is 125 Å². The van der Waals surface area contributed by atoms with Crippen molar-refractivity contribution in [3.8, 4) is 0 Å². The molecule has 0 aromatic heterocycles. The van der Waals surface area contributed by atoms with E-state index in [2.05, 4.69) is 0 Å². The Balaban J connectivity index is 2.53. The largest absolute Gasteiger partial charge is 0.342 e. The Morgan fingerprint density at radius 1 is 1.05 bits per heavy atom. The molecule has 0 spiro atoms. The van der Waals surface area contributed by atoms with Gasteiger partial charge in [0.15, 0.2) is 5.78 Å². The van der Waals surface area contributed by atoms with E-state index >= 15 is 0 Å². The molecule has 20 heavy (non-hydrogen) atoms. The van der Waals surface area contributed by atoms with Crippen molar-refractivity contribution >= 4 is 23.3 Å². The van der Waals surface area contributed by atoms with Crippen LogP contribution in [0.15, 0.2) is 24.3 Å². The van der Waals surface area contributed by atoms with E-state index in [-0.39, 0.29) is 24.8 Å². The summed E-state index contributed by atoms with van der Waals surface area (Å²) in [5.41, 5.74) is 0.608. The molecule has 0 radical (unpaired) electrons. The number of rotatable bonds is 7. The van der Waals surface area contributed by atoms with Gasteiger partial charge in [0, 0.05) is 23.7 Å². The Hall–Kier alpha value is -1.39. The highest BCUT2D eigenvalue weighted by atomic mass is 35.5. The smallest absolute Gasteiger partial charge is 0.236 e. The van der Waals surface area contributed by atoms with Gasteiger partial charge in [-0.25, -0.2) is 0 Å². The van der Waals surface area contributed by atoms with E-state index in [4.69, 9.17) is 11.6 Å². The van der Waals surface area contributed by atoms with Crippen LogP contribution in [0.1, 0.15) is 24.2 Å². The molecule has 0 aliphatic carbocycles. The van der Waals surface area contributed by atoms with Crippen LogP contribution in [0.5, 0.6) is 0 Å². The van der Waals surface area contributed by atoms with Crippen molar-refractivity contribution in [3.63, 3.8) is 0 Å². The second-order valence-electron chi connectivity index (χ2n) is 4.67. The molecule has 0 bridgehead atoms. The summed E-state index contributed by atoms with van der Waals surface area (Å²) in [6.07, 6.45) is 0. The van der Waals surface area contributed by atoms with Gasteiger partial charge < -0.3 is 4.90 Å². The van der Waals surface area contributed by atoms with Gasteiger partial charge in [-0.3, -0.25) is 14.5 Å². The predicted octanol–water partition coefficient (Wildman–Crippen LogP) is 2.32. The van der Waals surface area contributed by atoms with Crippen molar-refractivity contribution in [3.05, 3.63) is 34.9 Å². The summed E-state index contributed by atoms with van der Waals surface area (Å²) >= 11 is 5.79. The molecule has 4 nitrogen and oxygen atoms in total. The molecule has 1 amide bonds. The minimum absolute atomic E-state index is 0.0171. The Morgan fingerprint density at radius 2 is 1.60 bits per heavy atom. The summed E-state index contributed by atoms with van der Waals surface area (Å²) in [5, 5.41) is 0.603. The van der Waals surface area contributed by atoms with Crippen molar-refractivity contribution in [1.82, 2.24) is 9.80 Å². The minimum Gasteiger partial charge on any atom is -0.342 e. The third-order valence-electron chi connectivity index (χ3n) is 3.10. The topological polar surface area (TPSA) is 40.6 Å². The molecule has 5 heteroatoms. The van der Waals surface area contributed by atoms with Crippen molar-refractivity contribution in [1.29, 1.82) is 0 Å². The molecule has 0 aliphatic rings. The fraction of sp³-hybridized carbons (Fsp3) is 0.467. The van der Waals surface area contributed by atoms with Crippen molar-refractivity contribution < 1.29 is 9.59 Å². The molecule has 0 unspecified atom stereocenters. The highest BCUT2D eigenvalue weighted by Gasteiger charge is 2.15. The van der Waals surface area contributed by atoms with Gasteiger partial charge >= 0.3 is 0 Å². The maximum atomic E-state index is 12.0. The number of carbonyl (C=O) groups is 2. The number of Topliss-reactive ketones (excluding diaryl/α,β-unsaturated/α-hetero) is 1. The quantitative estimate of drug-likeness (QED) is 0.725. The molecule has 0 saturated heterocycles. The molecule has 0 heterocycles. The van der Waals surface area contributed by atoms with Gasteiger partial charge in [-0.15, -0.1) is 0 Å². The lowest BCUT2D eigenvalue weighted by Gasteiger charge is -2.22. The highest BCUT2D eigenvalue weighted by molar-refractivity contribution is 6.30. The number of likely N-dealkylation sites (N-methyl/N-ethyl adjacent to an activating group) is 2. The summed E-state index contributed by atoms with van der Waals surface area (Å²) in [6, 6.07) is 6.78. The third-order valence-corrected chi connectivity index (χ3v) is 3.35. The van der Waals surface area contributed by atoms with E-state index in [9.17, 15) is 9.59 Å². The van der Waals surface area contributed by atoms with Gasteiger partial charge in [-0.1, -0.05) is 11.6 Å². The summed E-state index contributed by atoms with van der Waals surface area (Å²) in [5.74, 6) is 0.0259. The molecular formula is C15H21ClN2O2. The number of amides is 1. The standard InChI is InChI=1S/C15H21ClN2O2/c1-4-18(5-2)15(20)11-17(3)10-14(19)12-6-8-13(16)9-7-12/h6-9H,4-5,10-11H2,1-3H3. The van der Waals surface area contributed by atoms with E-state index in [1.807, 2.05) is 13.8 Å². The summed E-state index contributed by atoms with van der Waals surface area (Å²) in [7, 11) is 1.77. The van der Waals surface area contributed by atoms with Gasteiger partial charge in [-0.05, 0) is 45.2 Å². The highest BCUT2D eigenvalue weighted by Crippen LogP contribution is 2.10. The number of hydrogen-bond donors (Lipinski definition) is 0. The van der Waals surface area contributed by atoms with E-state index in [0.29, 0.717) is 23.7 Å². The van der Waals surface area contributed by atoms with Crippen LogP contribution in [0.4, 0.5) is 0 Å². The summed E-state index contributed by atoms with van der Waals surface area (Å²) < 4.78 is 0. The number of halogens is 1. The molecule has 1 aromatic carbocycles. The molecule has 0 N–H and O–H groups in total. The lowest BCUT2D eigenvalue weighted by Crippen LogP contribution is -2.40. The molecule has 1 aromatic rings. The molecule has 0 fully saturated rings. The fourth-order valence-corrected chi connectivity index (χ4v) is 2.06. The number of carbonyl (C=O) groups excluding carboxylic acids is 2. The van der Waals surface area contributed by atoms with Gasteiger partial charge in [0.25, 0.3) is 0 Å². The number of benzene rings is 1. The molecule has 0 aliphatic heterocycles. The van der Waals surface area contributed by atoms with E-state index in [1.54, 1.807) is 41.1 Å². The summed E-state index contributed by atoms with van der Waals surface area (Å²) in [6.45, 7) is 5.73. The van der Waals surface area contributed by atoms with E-state index < -0.39 is 0 Å². The zero-order chi connectivity index (χ0) is 15.1. The normalized spacial score (nSPS) is 10.7. The van der Waals surface area contributed by atoms with Crippen LogP contribution in [0.3, 0.4) is 0 Å². The van der Waals surface area contributed by atoms with Crippen molar-refractivity contribution in [2.75, 3.05) is 33.2 Å². The van der Waals surface area contributed by atoms with Gasteiger partial charge in [-0.2, -0.15) is 0 Å². The van der Waals surface area contributed by atoms with Gasteiger partial charge in [0.2, 0.25) is 5.91 Å². The van der Waals surface area contributed by atoms with Crippen LogP contribution in [0, 0.1) is 0 Å². The van der Waals surface area contributed by atoms with Crippen LogP contribution >= 0.6 is 11.6 Å². The average Bonchev–Trinajstić information content (AvgIpc) is 2.40. The zero-order valence-corrected chi connectivity index (χ0v) is 13.0. The molecular weight excluding hydrogens is 276 g/mol. The Morgan fingerprint density at radius 3 is 2.10 bits per heavy atom. The first-order chi connectivity index (χ1) is 9.47. The molecule has 110 valence electrons. The van der Waals surface area contributed by atoms with Crippen molar-refractivity contribution in [2.24, 2.45) is 0 Å². The van der Waals surface area contributed by atoms with Crippen molar-refractivity contribution in [2.45, 2.75) is 13.8 Å². The average molecular weight is 297 g/mol. The van der Waals surface area contributed by atoms with Crippen LogP contribution in [-0.4, -0.2) is 54.7 Å². The number of nitrogens with zero attached hydrogens (tertiary/aromatic N) is 2. The van der Waals surface area contributed by atoms with Crippen LogP contribution in [0.2, 0.25) is 5.02 Å². The van der Waals surface area contributed by atoms with E-state index in [0.717, 1.165) is 0 Å². The van der Waals surface area contributed by atoms with Crippen LogP contribution < -0.4 is 0 Å². The molecule has 1 rings (SSSR count). The molecule has 0 saturated carbocycles. The van der Waals surface area contributed by atoms with Gasteiger partial charge in [0.05, 0.1) is 13.1 Å². The predicted molar refractivity (Wildman–Crippen MR) is 81.2 cm³/mol. The van der Waals surface area contributed by atoms with Crippen LogP contribution in [-0.2, 0) is 4.79 Å². The van der Waals surface area contributed by atoms with E-state index in [1.165, 1.54) is 0 Å². The Kier molecular flexibility index (Phi) is 6.68. The SMILES string of the molecule is CCN(CC)C(=O)CN(C)CC(=O)c1ccc(Cl)cc1. The van der Waals surface area contributed by atoms with Crippen LogP contribution in [0.25, 0.3) is 0 Å². The lowest BCUT2D eigenvalue weighted by atomic mass is 10.1. The second-order valence-corrected chi connectivity index (χ2v) is 5.10. The monoisotopic (exact) mass is 296 g/mol. The zero-order valence-electron chi connectivity index (χ0n) is 12.2.